The third-order valence-corrected chi connectivity index (χ3v) is 2.91. The van der Waals surface area contributed by atoms with Gasteiger partial charge in [0.15, 0.2) is 0 Å². The zero-order valence-electron chi connectivity index (χ0n) is 11.2. The zero-order valence-corrected chi connectivity index (χ0v) is 12.0. The number of carboxylic acids is 1. The Kier molecular flexibility index (Phi) is 6.06. The molecule has 108 valence electrons. The van der Waals surface area contributed by atoms with Crippen LogP contribution >= 0.6 is 11.6 Å². The van der Waals surface area contributed by atoms with Crippen molar-refractivity contribution < 1.29 is 14.7 Å². The minimum absolute atomic E-state index is 0.0652. The molecule has 1 aromatic rings. The minimum Gasteiger partial charge on any atom is -0.478 e. The molecule has 0 aromatic heterocycles. The number of rotatable bonds is 6. The quantitative estimate of drug-likeness (QED) is 0.790. The van der Waals surface area contributed by atoms with Crippen molar-refractivity contribution in [2.45, 2.75) is 13.3 Å². The molecule has 0 fully saturated rings. The molecule has 0 spiro atoms. The van der Waals surface area contributed by atoms with Crippen LogP contribution in [0.25, 0.3) is 0 Å². The molecule has 0 radical (unpaired) electrons. The molecule has 20 heavy (non-hydrogen) atoms. The number of urea groups is 1. The zero-order chi connectivity index (χ0) is 15.1. The normalized spacial score (nSPS) is 9.90. The average molecular weight is 297 g/mol. The smallest absolute Gasteiger partial charge is 0.335 e. The molecule has 0 aliphatic carbocycles. The van der Waals surface area contributed by atoms with Crippen LogP contribution in [0, 0.1) is 0 Å². The van der Waals surface area contributed by atoms with E-state index >= 15 is 0 Å². The summed E-state index contributed by atoms with van der Waals surface area (Å²) in [6, 6.07) is 3.82. The Morgan fingerprint density at radius 2 is 2.20 bits per heavy atom. The van der Waals surface area contributed by atoms with Crippen molar-refractivity contribution in [1.82, 2.24) is 4.90 Å². The van der Waals surface area contributed by atoms with Gasteiger partial charge in [0.05, 0.1) is 16.3 Å². The number of amides is 2. The second-order valence-corrected chi connectivity index (χ2v) is 4.57. The lowest BCUT2D eigenvalue weighted by Crippen LogP contribution is -2.35. The van der Waals surface area contributed by atoms with E-state index in [0.717, 1.165) is 6.42 Å². The largest absolute Gasteiger partial charge is 0.478 e. The maximum atomic E-state index is 12.1. The lowest BCUT2D eigenvalue weighted by Gasteiger charge is -2.21. The fourth-order valence-corrected chi connectivity index (χ4v) is 1.81. The number of anilines is 1. The molecule has 0 aliphatic rings. The summed E-state index contributed by atoms with van der Waals surface area (Å²) in [5, 5.41) is 11.8. The SMILES string of the molecule is C=CCN(CCC)C(=O)Nc1cc(C(=O)O)ccc1Cl. The maximum Gasteiger partial charge on any atom is 0.335 e. The van der Waals surface area contributed by atoms with Gasteiger partial charge in [-0.25, -0.2) is 9.59 Å². The van der Waals surface area contributed by atoms with Gasteiger partial charge in [0.25, 0.3) is 0 Å². The molecule has 0 bridgehead atoms. The third-order valence-electron chi connectivity index (χ3n) is 2.59. The second kappa shape index (κ2) is 7.55. The molecular formula is C14H17ClN2O3. The number of benzene rings is 1. The van der Waals surface area contributed by atoms with E-state index in [2.05, 4.69) is 11.9 Å². The number of carbonyl (C=O) groups is 2. The summed E-state index contributed by atoms with van der Waals surface area (Å²) in [6.07, 6.45) is 2.44. The number of nitrogens with zero attached hydrogens (tertiary/aromatic N) is 1. The van der Waals surface area contributed by atoms with Crippen LogP contribution < -0.4 is 5.32 Å². The van der Waals surface area contributed by atoms with E-state index in [1.165, 1.54) is 18.2 Å². The van der Waals surface area contributed by atoms with Crippen molar-refractivity contribution in [3.8, 4) is 0 Å². The number of hydrogen-bond acceptors (Lipinski definition) is 2. The van der Waals surface area contributed by atoms with Gasteiger partial charge < -0.3 is 15.3 Å². The molecule has 0 unspecified atom stereocenters. The van der Waals surface area contributed by atoms with Crippen LogP contribution in [0.3, 0.4) is 0 Å². The Morgan fingerprint density at radius 1 is 1.50 bits per heavy atom. The van der Waals surface area contributed by atoms with Gasteiger partial charge in [0.2, 0.25) is 0 Å². The number of aromatic carboxylic acids is 1. The maximum absolute atomic E-state index is 12.1. The summed E-state index contributed by atoms with van der Waals surface area (Å²) in [5.74, 6) is -1.08. The predicted octanol–water partition coefficient (Wildman–Crippen LogP) is 3.47. The van der Waals surface area contributed by atoms with Crippen LogP contribution in [-0.4, -0.2) is 35.1 Å². The van der Waals surface area contributed by atoms with Gasteiger partial charge in [0.1, 0.15) is 0 Å². The fourth-order valence-electron chi connectivity index (χ4n) is 1.65. The summed E-state index contributed by atoms with van der Waals surface area (Å²) in [4.78, 5) is 24.6. The molecule has 1 aromatic carbocycles. The standard InChI is InChI=1S/C14H17ClN2O3/c1-3-7-17(8-4-2)14(20)16-12-9-10(13(18)19)5-6-11(12)15/h3,5-6,9H,1,4,7-8H2,2H3,(H,16,20)(H,18,19). The molecule has 0 heterocycles. The minimum atomic E-state index is -1.08. The van der Waals surface area contributed by atoms with E-state index in [-0.39, 0.29) is 17.3 Å². The monoisotopic (exact) mass is 296 g/mol. The molecule has 0 atom stereocenters. The first-order valence-electron chi connectivity index (χ1n) is 6.19. The Morgan fingerprint density at radius 3 is 2.75 bits per heavy atom. The number of nitrogens with one attached hydrogen (secondary N) is 1. The van der Waals surface area contributed by atoms with Gasteiger partial charge in [-0.15, -0.1) is 6.58 Å². The van der Waals surface area contributed by atoms with Crippen molar-refractivity contribution in [2.24, 2.45) is 0 Å². The molecular weight excluding hydrogens is 280 g/mol. The first-order valence-corrected chi connectivity index (χ1v) is 6.57. The van der Waals surface area contributed by atoms with E-state index in [1.807, 2.05) is 6.92 Å². The van der Waals surface area contributed by atoms with Crippen LogP contribution in [0.15, 0.2) is 30.9 Å². The van der Waals surface area contributed by atoms with Crippen LogP contribution in [0.2, 0.25) is 5.02 Å². The van der Waals surface area contributed by atoms with E-state index in [1.54, 1.807) is 11.0 Å². The topological polar surface area (TPSA) is 69.6 Å². The van der Waals surface area contributed by atoms with E-state index < -0.39 is 5.97 Å². The highest BCUT2D eigenvalue weighted by molar-refractivity contribution is 6.33. The van der Waals surface area contributed by atoms with Gasteiger partial charge in [-0.1, -0.05) is 24.6 Å². The van der Waals surface area contributed by atoms with Gasteiger partial charge in [-0.3, -0.25) is 0 Å². The Bertz CT molecular complexity index is 517. The van der Waals surface area contributed by atoms with Crippen molar-refractivity contribution in [1.29, 1.82) is 0 Å². The summed E-state index contributed by atoms with van der Waals surface area (Å²) in [5.41, 5.74) is 0.345. The number of halogens is 1. The molecule has 0 saturated carbocycles. The highest BCUT2D eigenvalue weighted by atomic mass is 35.5. The van der Waals surface area contributed by atoms with E-state index in [0.29, 0.717) is 18.1 Å². The molecule has 2 amide bonds. The summed E-state index contributed by atoms with van der Waals surface area (Å²) >= 11 is 5.96. The highest BCUT2D eigenvalue weighted by Crippen LogP contribution is 2.23. The number of hydrogen-bond donors (Lipinski definition) is 2. The molecule has 2 N–H and O–H groups in total. The Hall–Kier alpha value is -2.01. The van der Waals surface area contributed by atoms with Gasteiger partial charge in [-0.2, -0.15) is 0 Å². The fraction of sp³-hybridized carbons (Fsp3) is 0.286. The second-order valence-electron chi connectivity index (χ2n) is 4.16. The van der Waals surface area contributed by atoms with E-state index in [9.17, 15) is 9.59 Å². The summed E-state index contributed by atoms with van der Waals surface area (Å²) in [7, 11) is 0. The first-order chi connectivity index (χ1) is 9.49. The number of carboxylic acid groups (broad SMARTS) is 1. The van der Waals surface area contributed by atoms with Crippen molar-refractivity contribution >= 4 is 29.3 Å². The summed E-state index contributed by atoms with van der Waals surface area (Å²) in [6.45, 7) is 6.55. The van der Waals surface area contributed by atoms with Crippen molar-refractivity contribution in [3.63, 3.8) is 0 Å². The lowest BCUT2D eigenvalue weighted by atomic mass is 10.2. The van der Waals surface area contributed by atoms with Gasteiger partial charge in [-0.05, 0) is 24.6 Å². The molecule has 6 heteroatoms. The van der Waals surface area contributed by atoms with Crippen molar-refractivity contribution in [3.05, 3.63) is 41.4 Å². The van der Waals surface area contributed by atoms with Crippen LogP contribution in [-0.2, 0) is 0 Å². The Balaban J connectivity index is 2.90. The predicted molar refractivity (Wildman–Crippen MR) is 79.5 cm³/mol. The van der Waals surface area contributed by atoms with Crippen molar-refractivity contribution in [2.75, 3.05) is 18.4 Å². The van der Waals surface area contributed by atoms with Crippen LogP contribution in [0.1, 0.15) is 23.7 Å². The molecule has 0 saturated heterocycles. The Labute approximate surface area is 122 Å². The van der Waals surface area contributed by atoms with E-state index in [4.69, 9.17) is 16.7 Å². The van der Waals surface area contributed by atoms with Crippen LogP contribution in [0.5, 0.6) is 0 Å². The molecule has 1 rings (SSSR count). The first kappa shape index (κ1) is 16.0. The summed E-state index contributed by atoms with van der Waals surface area (Å²) < 4.78 is 0. The number of carbonyl (C=O) groups excluding carboxylic acids is 1. The third kappa shape index (κ3) is 4.28. The van der Waals surface area contributed by atoms with Crippen LogP contribution in [0.4, 0.5) is 10.5 Å². The van der Waals surface area contributed by atoms with Gasteiger partial charge >= 0.3 is 12.0 Å². The molecule has 5 nitrogen and oxygen atoms in total. The lowest BCUT2D eigenvalue weighted by molar-refractivity contribution is 0.0697. The molecule has 0 aliphatic heterocycles. The average Bonchev–Trinajstić information content (AvgIpc) is 2.40. The van der Waals surface area contributed by atoms with Gasteiger partial charge in [0, 0.05) is 13.1 Å². The highest BCUT2D eigenvalue weighted by Gasteiger charge is 2.14.